The topological polar surface area (TPSA) is 85.8 Å². The van der Waals surface area contributed by atoms with Crippen LogP contribution in [0.4, 0.5) is 0 Å². The van der Waals surface area contributed by atoms with E-state index in [0.29, 0.717) is 0 Å². The van der Waals surface area contributed by atoms with Gasteiger partial charge in [-0.1, -0.05) is 12.1 Å². The summed E-state index contributed by atoms with van der Waals surface area (Å²) in [5.41, 5.74) is 6.57. The molecule has 96 valence electrons. The molecule has 0 aliphatic carbocycles. The lowest BCUT2D eigenvalue weighted by Gasteiger charge is -2.14. The summed E-state index contributed by atoms with van der Waals surface area (Å²) in [4.78, 5) is 11.8. The van der Waals surface area contributed by atoms with E-state index in [2.05, 4.69) is 15.6 Å². The molecule has 0 saturated carbocycles. The van der Waals surface area contributed by atoms with Gasteiger partial charge in [-0.15, -0.1) is 5.10 Å². The average Bonchev–Trinajstić information content (AvgIpc) is 2.75. The molecule has 0 fully saturated rings. The first-order chi connectivity index (χ1) is 7.95. The summed E-state index contributed by atoms with van der Waals surface area (Å²) in [7, 11) is 0. The third kappa shape index (κ3) is 3.52. The zero-order chi connectivity index (χ0) is 13.0. The zero-order valence-corrected chi connectivity index (χ0v) is 10.8. The van der Waals surface area contributed by atoms with Gasteiger partial charge in [0.25, 0.3) is 0 Å². The molecule has 6 heteroatoms. The molecule has 0 bridgehead atoms. The number of carbonyl (C=O) groups is 1. The van der Waals surface area contributed by atoms with Crippen LogP contribution in [-0.4, -0.2) is 26.9 Å². The molecule has 17 heavy (non-hydrogen) atoms. The number of nitrogens with two attached hydrogens (primary N) is 1. The van der Waals surface area contributed by atoms with E-state index in [4.69, 9.17) is 5.73 Å². The fraction of sp³-hybridized carbons (Fsp3) is 0.727. The number of carbonyl (C=O) groups excluding carboxylic acids is 1. The SMILES string of the molecule is CCC(N)c1cn(C(C)C(=O)NC(C)C)nn1. The summed E-state index contributed by atoms with van der Waals surface area (Å²) >= 11 is 0. The fourth-order valence-corrected chi connectivity index (χ4v) is 1.38. The molecule has 1 rings (SSSR count). The Labute approximate surface area is 102 Å². The minimum atomic E-state index is -0.372. The van der Waals surface area contributed by atoms with Crippen LogP contribution in [0.25, 0.3) is 0 Å². The van der Waals surface area contributed by atoms with Gasteiger partial charge in [-0.2, -0.15) is 0 Å². The molecule has 6 nitrogen and oxygen atoms in total. The van der Waals surface area contributed by atoms with Gasteiger partial charge in [0.05, 0.1) is 17.9 Å². The van der Waals surface area contributed by atoms with Crippen molar-refractivity contribution in [3.05, 3.63) is 11.9 Å². The highest BCUT2D eigenvalue weighted by Gasteiger charge is 2.18. The second-order valence-corrected chi connectivity index (χ2v) is 4.48. The Morgan fingerprint density at radius 3 is 2.71 bits per heavy atom. The lowest BCUT2D eigenvalue weighted by Crippen LogP contribution is -2.35. The maximum absolute atomic E-state index is 11.8. The highest BCUT2D eigenvalue weighted by atomic mass is 16.2. The van der Waals surface area contributed by atoms with Crippen molar-refractivity contribution in [2.45, 2.75) is 52.2 Å². The first-order valence-corrected chi connectivity index (χ1v) is 5.93. The van der Waals surface area contributed by atoms with Crippen molar-refractivity contribution in [2.75, 3.05) is 0 Å². The zero-order valence-electron chi connectivity index (χ0n) is 10.8. The second-order valence-electron chi connectivity index (χ2n) is 4.48. The van der Waals surface area contributed by atoms with E-state index < -0.39 is 0 Å². The summed E-state index contributed by atoms with van der Waals surface area (Å²) in [6, 6.07) is -0.377. The van der Waals surface area contributed by atoms with Gasteiger partial charge in [-0.05, 0) is 27.2 Å². The summed E-state index contributed by atoms with van der Waals surface area (Å²) in [6.07, 6.45) is 2.53. The number of rotatable bonds is 5. The van der Waals surface area contributed by atoms with Crippen LogP contribution in [0.5, 0.6) is 0 Å². The maximum Gasteiger partial charge on any atom is 0.244 e. The van der Waals surface area contributed by atoms with Crippen LogP contribution in [0.3, 0.4) is 0 Å². The Balaban J connectivity index is 2.72. The van der Waals surface area contributed by atoms with Crippen molar-refractivity contribution in [1.29, 1.82) is 0 Å². The molecule has 0 aliphatic heterocycles. The molecule has 1 aromatic rings. The van der Waals surface area contributed by atoms with E-state index in [0.717, 1.165) is 12.1 Å². The van der Waals surface area contributed by atoms with E-state index >= 15 is 0 Å². The minimum absolute atomic E-state index is 0.0680. The van der Waals surface area contributed by atoms with E-state index in [-0.39, 0.29) is 24.0 Å². The van der Waals surface area contributed by atoms with E-state index in [1.54, 1.807) is 17.8 Å². The molecule has 0 spiro atoms. The predicted octanol–water partition coefficient (Wildman–Crippen LogP) is 0.773. The number of aromatic nitrogens is 3. The lowest BCUT2D eigenvalue weighted by atomic mass is 10.2. The Morgan fingerprint density at radius 1 is 1.53 bits per heavy atom. The molecular weight excluding hydrogens is 218 g/mol. The van der Waals surface area contributed by atoms with Crippen molar-refractivity contribution in [1.82, 2.24) is 20.3 Å². The third-order valence-corrected chi connectivity index (χ3v) is 2.55. The Morgan fingerprint density at radius 2 is 2.18 bits per heavy atom. The van der Waals surface area contributed by atoms with E-state index in [1.165, 1.54) is 0 Å². The van der Waals surface area contributed by atoms with Crippen molar-refractivity contribution in [3.63, 3.8) is 0 Å². The van der Waals surface area contributed by atoms with Gasteiger partial charge < -0.3 is 11.1 Å². The highest BCUT2D eigenvalue weighted by Crippen LogP contribution is 2.12. The lowest BCUT2D eigenvalue weighted by molar-refractivity contribution is -0.124. The van der Waals surface area contributed by atoms with Gasteiger partial charge in [0.1, 0.15) is 6.04 Å². The van der Waals surface area contributed by atoms with Crippen LogP contribution in [0.1, 0.15) is 51.9 Å². The van der Waals surface area contributed by atoms with Crippen LogP contribution >= 0.6 is 0 Å². The van der Waals surface area contributed by atoms with Crippen LogP contribution in [0.15, 0.2) is 6.20 Å². The van der Waals surface area contributed by atoms with Crippen LogP contribution < -0.4 is 11.1 Å². The van der Waals surface area contributed by atoms with Gasteiger partial charge >= 0.3 is 0 Å². The standard InChI is InChI=1S/C11H21N5O/c1-5-9(12)10-6-16(15-14-10)8(4)11(17)13-7(2)3/h6-9H,5,12H2,1-4H3,(H,13,17). The van der Waals surface area contributed by atoms with Crippen molar-refractivity contribution in [2.24, 2.45) is 5.73 Å². The maximum atomic E-state index is 11.8. The Hall–Kier alpha value is -1.43. The Bertz CT molecular complexity index is 374. The summed E-state index contributed by atoms with van der Waals surface area (Å²) in [6.45, 7) is 7.61. The van der Waals surface area contributed by atoms with Crippen molar-refractivity contribution >= 4 is 5.91 Å². The number of nitrogens with zero attached hydrogens (tertiary/aromatic N) is 3. The number of amides is 1. The molecule has 3 N–H and O–H groups in total. The molecule has 0 aliphatic rings. The molecule has 2 unspecified atom stereocenters. The minimum Gasteiger partial charge on any atom is -0.352 e. The number of nitrogens with one attached hydrogen (secondary N) is 1. The molecule has 1 heterocycles. The van der Waals surface area contributed by atoms with Crippen molar-refractivity contribution in [3.8, 4) is 0 Å². The molecule has 1 aromatic heterocycles. The largest absolute Gasteiger partial charge is 0.352 e. The first-order valence-electron chi connectivity index (χ1n) is 5.93. The van der Waals surface area contributed by atoms with Gasteiger partial charge in [-0.3, -0.25) is 4.79 Å². The van der Waals surface area contributed by atoms with E-state index in [1.807, 2.05) is 20.8 Å². The van der Waals surface area contributed by atoms with Gasteiger partial charge in [0.15, 0.2) is 0 Å². The molecule has 1 amide bonds. The third-order valence-electron chi connectivity index (χ3n) is 2.55. The molecule has 0 saturated heterocycles. The van der Waals surface area contributed by atoms with Gasteiger partial charge in [0.2, 0.25) is 5.91 Å². The highest BCUT2D eigenvalue weighted by molar-refractivity contribution is 5.79. The quantitative estimate of drug-likeness (QED) is 0.794. The van der Waals surface area contributed by atoms with E-state index in [9.17, 15) is 4.79 Å². The molecule has 2 atom stereocenters. The fourth-order valence-electron chi connectivity index (χ4n) is 1.38. The number of hydrogen-bond donors (Lipinski definition) is 2. The summed E-state index contributed by atoms with van der Waals surface area (Å²) in [5, 5.41) is 10.8. The average molecular weight is 239 g/mol. The summed E-state index contributed by atoms with van der Waals surface area (Å²) < 4.78 is 1.54. The normalized spacial score (nSPS) is 14.7. The molecule has 0 radical (unpaired) electrons. The number of hydrogen-bond acceptors (Lipinski definition) is 4. The van der Waals surface area contributed by atoms with Gasteiger partial charge in [-0.25, -0.2) is 4.68 Å². The van der Waals surface area contributed by atoms with Crippen molar-refractivity contribution < 1.29 is 4.79 Å². The van der Waals surface area contributed by atoms with Gasteiger partial charge in [0, 0.05) is 6.04 Å². The summed E-state index contributed by atoms with van der Waals surface area (Å²) in [5.74, 6) is -0.0680. The van der Waals surface area contributed by atoms with Crippen LogP contribution in [0.2, 0.25) is 0 Å². The monoisotopic (exact) mass is 239 g/mol. The van der Waals surface area contributed by atoms with Crippen LogP contribution in [0, 0.1) is 0 Å². The molecule has 0 aromatic carbocycles. The molecular formula is C11H21N5O. The Kier molecular flexibility index (Phi) is 4.62. The first kappa shape index (κ1) is 13.6. The predicted molar refractivity (Wildman–Crippen MR) is 65.2 cm³/mol. The second kappa shape index (κ2) is 5.77. The smallest absolute Gasteiger partial charge is 0.244 e. The van der Waals surface area contributed by atoms with Crippen LogP contribution in [-0.2, 0) is 4.79 Å².